The molecule has 0 saturated carbocycles. The lowest BCUT2D eigenvalue weighted by molar-refractivity contribution is 0.210. The Morgan fingerprint density at radius 2 is 1.41 bits per heavy atom. The number of carbonyl (C=O) groups is 1. The number of rotatable bonds is 7. The van der Waals surface area contributed by atoms with E-state index in [4.69, 9.17) is 21.1 Å². The molecule has 0 radical (unpaired) electrons. The topological polar surface area (TPSA) is 62.8 Å². The molecular weight excluding hydrogens is 517 g/mol. The largest absolute Gasteiger partial charge is 0.491 e. The van der Waals surface area contributed by atoms with Gasteiger partial charge in [0.25, 0.3) is 0 Å². The number of amides is 2. The molecule has 6 nitrogen and oxygen atoms in total. The van der Waals surface area contributed by atoms with E-state index in [1.165, 1.54) is 17.1 Å². The van der Waals surface area contributed by atoms with Crippen LogP contribution in [0.15, 0.2) is 97.1 Å². The normalized spacial score (nSPS) is 12.9. The summed E-state index contributed by atoms with van der Waals surface area (Å²) >= 11 is 6.07. The van der Waals surface area contributed by atoms with Gasteiger partial charge >= 0.3 is 6.03 Å². The van der Waals surface area contributed by atoms with Crippen molar-refractivity contribution in [2.45, 2.75) is 20.0 Å². The molecule has 1 aliphatic heterocycles. The Morgan fingerprint density at radius 1 is 0.846 bits per heavy atom. The quantitative estimate of drug-likeness (QED) is 0.248. The van der Waals surface area contributed by atoms with Crippen molar-refractivity contribution < 1.29 is 18.7 Å². The second-order valence-electron chi connectivity index (χ2n) is 9.26. The third-order valence-electron chi connectivity index (χ3n) is 5.97. The van der Waals surface area contributed by atoms with E-state index in [1.807, 2.05) is 50.2 Å². The van der Waals surface area contributed by atoms with Gasteiger partial charge in [0.1, 0.15) is 23.1 Å². The van der Waals surface area contributed by atoms with Crippen molar-refractivity contribution >= 4 is 34.6 Å². The summed E-state index contributed by atoms with van der Waals surface area (Å²) in [5.41, 5.74) is 7.10. The second kappa shape index (κ2) is 11.5. The Kier molecular flexibility index (Phi) is 7.70. The highest BCUT2D eigenvalue weighted by Gasteiger charge is 2.27. The van der Waals surface area contributed by atoms with Crippen LogP contribution in [0.3, 0.4) is 0 Å². The highest BCUT2D eigenvalue weighted by Crippen LogP contribution is 2.32. The highest BCUT2D eigenvalue weighted by atomic mass is 35.5. The average molecular weight is 544 g/mol. The molecule has 0 atom stereocenters. The Labute approximate surface area is 231 Å². The van der Waals surface area contributed by atoms with Gasteiger partial charge in [0, 0.05) is 16.3 Å². The Balaban J connectivity index is 1.26. The zero-order valence-corrected chi connectivity index (χ0v) is 22.2. The van der Waals surface area contributed by atoms with Crippen LogP contribution in [0.25, 0.3) is 11.3 Å². The lowest BCUT2D eigenvalue weighted by Gasteiger charge is -2.19. The van der Waals surface area contributed by atoms with Crippen LogP contribution in [0.2, 0.25) is 5.02 Å². The van der Waals surface area contributed by atoms with Crippen molar-refractivity contribution in [3.05, 3.63) is 119 Å². The summed E-state index contributed by atoms with van der Waals surface area (Å²) in [5, 5.41) is 5.00. The van der Waals surface area contributed by atoms with E-state index in [2.05, 4.69) is 10.7 Å². The fourth-order valence-electron chi connectivity index (χ4n) is 4.14. The number of benzene rings is 4. The summed E-state index contributed by atoms with van der Waals surface area (Å²) in [6.07, 6.45) is 0.101. The summed E-state index contributed by atoms with van der Waals surface area (Å²) in [6, 6.07) is 27.7. The number of anilines is 1. The molecule has 0 saturated heterocycles. The molecule has 1 heterocycles. The Hall–Kier alpha value is -4.49. The summed E-state index contributed by atoms with van der Waals surface area (Å²) in [7, 11) is 0. The Morgan fingerprint density at radius 3 is 2.03 bits per heavy atom. The molecule has 0 unspecified atom stereocenters. The van der Waals surface area contributed by atoms with Crippen molar-refractivity contribution in [1.82, 2.24) is 10.4 Å². The van der Waals surface area contributed by atoms with Gasteiger partial charge in [-0.2, -0.15) is 0 Å². The average Bonchev–Trinajstić information content (AvgIpc) is 3.37. The predicted molar refractivity (Wildman–Crippen MR) is 152 cm³/mol. The molecule has 0 spiro atoms. The van der Waals surface area contributed by atoms with Crippen LogP contribution in [0.4, 0.5) is 14.9 Å². The van der Waals surface area contributed by atoms with Gasteiger partial charge in [-0.1, -0.05) is 35.9 Å². The van der Waals surface area contributed by atoms with E-state index in [9.17, 15) is 9.18 Å². The predicted octanol–water partition coefficient (Wildman–Crippen LogP) is 7.98. The maximum Gasteiger partial charge on any atom is 0.340 e. The van der Waals surface area contributed by atoms with E-state index >= 15 is 0 Å². The van der Waals surface area contributed by atoms with Gasteiger partial charge in [-0.15, -0.1) is 0 Å². The molecule has 0 bridgehead atoms. The third kappa shape index (κ3) is 6.51. The zero-order valence-electron chi connectivity index (χ0n) is 21.4. The minimum absolute atomic E-state index is 0.101. The summed E-state index contributed by atoms with van der Waals surface area (Å²) in [6.45, 7) is 4.24. The minimum Gasteiger partial charge on any atom is -0.491 e. The first-order valence-corrected chi connectivity index (χ1v) is 12.9. The molecule has 4 aromatic rings. The number of nitrogens with one attached hydrogen (secondary N) is 2. The van der Waals surface area contributed by atoms with E-state index in [0.29, 0.717) is 22.2 Å². The third-order valence-corrected chi connectivity index (χ3v) is 6.22. The second-order valence-corrected chi connectivity index (χ2v) is 9.70. The monoisotopic (exact) mass is 543 g/mol. The number of ether oxygens (including phenoxy) is 2. The van der Waals surface area contributed by atoms with Gasteiger partial charge < -0.3 is 14.8 Å². The maximum atomic E-state index is 13.6. The van der Waals surface area contributed by atoms with Crippen LogP contribution in [0.1, 0.15) is 25.0 Å². The number of hydrogen-bond donors (Lipinski definition) is 2. The molecule has 39 heavy (non-hydrogen) atoms. The van der Waals surface area contributed by atoms with Crippen LogP contribution in [0, 0.1) is 5.82 Å². The van der Waals surface area contributed by atoms with Crippen LogP contribution < -0.4 is 20.2 Å². The molecule has 5 rings (SSSR count). The first-order valence-electron chi connectivity index (χ1n) is 12.5. The molecular formula is C31H27ClFN3O3. The number of carbonyl (C=O) groups excluding carboxylic acids is 1. The number of hydrogen-bond acceptors (Lipinski definition) is 4. The molecule has 0 fully saturated rings. The molecule has 0 aliphatic carbocycles. The van der Waals surface area contributed by atoms with Crippen molar-refractivity contribution in [3.8, 4) is 17.2 Å². The lowest BCUT2D eigenvalue weighted by atomic mass is 10.0. The van der Waals surface area contributed by atoms with Crippen molar-refractivity contribution in [2.75, 3.05) is 11.9 Å². The standard InChI is InChI=1S/C31H27ClFN3O3/c1-20(2)38-26-15-17-28(18-16-26)39-27-13-11-25(12-14-27)34-31(37)36-19-29(21-5-9-24(33)10-6-21)30(35-36)22-3-7-23(32)8-4-22/h3-18,20,35H,19H2,1-2H3,(H,34,37). The summed E-state index contributed by atoms with van der Waals surface area (Å²) in [4.78, 5) is 13.2. The summed E-state index contributed by atoms with van der Waals surface area (Å²) < 4.78 is 25.1. The maximum absolute atomic E-state index is 13.6. The zero-order chi connectivity index (χ0) is 27.4. The van der Waals surface area contributed by atoms with Gasteiger partial charge in [-0.3, -0.25) is 5.43 Å². The van der Waals surface area contributed by atoms with E-state index < -0.39 is 0 Å². The molecule has 2 amide bonds. The molecule has 1 aliphatic rings. The Bertz CT molecular complexity index is 1410. The van der Waals surface area contributed by atoms with Crippen molar-refractivity contribution in [2.24, 2.45) is 0 Å². The number of hydrazine groups is 1. The van der Waals surface area contributed by atoms with Crippen LogP contribution in [0.5, 0.6) is 17.2 Å². The molecule has 8 heteroatoms. The minimum atomic E-state index is -0.340. The fourth-order valence-corrected chi connectivity index (χ4v) is 4.26. The molecule has 198 valence electrons. The number of nitrogens with zero attached hydrogens (tertiary/aromatic N) is 1. The smallest absolute Gasteiger partial charge is 0.340 e. The fraction of sp³-hybridized carbons (Fsp3) is 0.129. The SMILES string of the molecule is CC(C)Oc1ccc(Oc2ccc(NC(=O)N3CC(c4ccc(F)cc4)=C(c4ccc(Cl)cc4)N3)cc2)cc1. The lowest BCUT2D eigenvalue weighted by Crippen LogP contribution is -2.40. The number of urea groups is 1. The van der Waals surface area contributed by atoms with Crippen molar-refractivity contribution in [3.63, 3.8) is 0 Å². The van der Waals surface area contributed by atoms with Gasteiger partial charge in [-0.25, -0.2) is 14.2 Å². The van der Waals surface area contributed by atoms with Gasteiger partial charge in [0.2, 0.25) is 0 Å². The first kappa shape index (κ1) is 26.1. The van der Waals surface area contributed by atoms with Crippen LogP contribution in [-0.2, 0) is 0 Å². The van der Waals surface area contributed by atoms with E-state index in [1.54, 1.807) is 48.5 Å². The van der Waals surface area contributed by atoms with Crippen molar-refractivity contribution in [1.29, 1.82) is 0 Å². The molecule has 4 aromatic carbocycles. The van der Waals surface area contributed by atoms with E-state index in [0.717, 1.165) is 28.1 Å². The first-order chi connectivity index (χ1) is 18.8. The number of halogens is 2. The summed E-state index contributed by atoms with van der Waals surface area (Å²) in [5.74, 6) is 1.77. The van der Waals surface area contributed by atoms with E-state index in [-0.39, 0.29) is 24.5 Å². The van der Waals surface area contributed by atoms with Crippen LogP contribution >= 0.6 is 11.6 Å². The van der Waals surface area contributed by atoms with Gasteiger partial charge in [0.05, 0.1) is 18.3 Å². The van der Waals surface area contributed by atoms with Crippen LogP contribution in [-0.4, -0.2) is 23.7 Å². The van der Waals surface area contributed by atoms with Gasteiger partial charge in [0.15, 0.2) is 0 Å². The highest BCUT2D eigenvalue weighted by molar-refractivity contribution is 6.30. The molecule has 2 N–H and O–H groups in total. The van der Waals surface area contributed by atoms with Gasteiger partial charge in [-0.05, 0) is 97.8 Å². The molecule has 0 aromatic heterocycles.